The number of aryl methyl sites for hydroxylation is 1. The molecule has 3 nitrogen and oxygen atoms in total. The van der Waals surface area contributed by atoms with Crippen LogP contribution in [0.3, 0.4) is 0 Å². The van der Waals surface area contributed by atoms with Crippen LogP contribution >= 0.6 is 23.1 Å². The average molecular weight is 223 g/mol. The highest BCUT2D eigenvalue weighted by Crippen LogP contribution is 2.27. The zero-order chi connectivity index (χ0) is 9.97. The monoisotopic (exact) mass is 223 g/mol. The molecule has 0 bridgehead atoms. The highest BCUT2D eigenvalue weighted by Gasteiger charge is 2.06. The lowest BCUT2D eigenvalue weighted by Gasteiger charge is -1.99. The van der Waals surface area contributed by atoms with Gasteiger partial charge in [-0.05, 0) is 30.2 Å². The second-order valence-electron chi connectivity index (χ2n) is 2.76. The molecule has 0 aliphatic rings. The van der Waals surface area contributed by atoms with Gasteiger partial charge in [0.1, 0.15) is 5.69 Å². The van der Waals surface area contributed by atoms with E-state index < -0.39 is 0 Å². The minimum absolute atomic E-state index is 0.718. The van der Waals surface area contributed by atoms with Crippen LogP contribution < -0.4 is 0 Å². The summed E-state index contributed by atoms with van der Waals surface area (Å²) >= 11 is 3.19. The number of nitrogens with zero attached hydrogens (tertiary/aromatic N) is 3. The summed E-state index contributed by atoms with van der Waals surface area (Å²) in [6.07, 6.45) is 3.65. The van der Waals surface area contributed by atoms with Crippen molar-refractivity contribution in [3.63, 3.8) is 0 Å². The maximum atomic E-state index is 4.39. The quantitative estimate of drug-likeness (QED) is 0.734. The molecule has 0 atom stereocenters. The lowest BCUT2D eigenvalue weighted by atomic mass is 10.2. The van der Waals surface area contributed by atoms with E-state index in [-0.39, 0.29) is 0 Å². The van der Waals surface area contributed by atoms with Crippen molar-refractivity contribution in [1.29, 1.82) is 0 Å². The minimum atomic E-state index is 0.718. The highest BCUT2D eigenvalue weighted by molar-refractivity contribution is 7.98. The number of rotatable bonds is 2. The van der Waals surface area contributed by atoms with Gasteiger partial charge in [-0.15, -0.1) is 16.4 Å². The normalized spacial score (nSPS) is 10.4. The van der Waals surface area contributed by atoms with Crippen LogP contribution in [0, 0.1) is 6.92 Å². The summed E-state index contributed by atoms with van der Waals surface area (Å²) < 4.78 is 0. The molecule has 0 saturated heterocycles. The summed E-state index contributed by atoms with van der Waals surface area (Å²) in [4.78, 5) is 5.57. The van der Waals surface area contributed by atoms with Gasteiger partial charge < -0.3 is 0 Å². The second-order valence-corrected chi connectivity index (χ2v) is 4.45. The predicted octanol–water partition coefficient (Wildman–Crippen LogP) is 2.63. The summed E-state index contributed by atoms with van der Waals surface area (Å²) in [5.74, 6) is 0. The van der Waals surface area contributed by atoms with Gasteiger partial charge in [0.25, 0.3) is 0 Å². The fraction of sp³-hybridized carbons (Fsp3) is 0.222. The molecule has 72 valence electrons. The summed E-state index contributed by atoms with van der Waals surface area (Å²) in [7, 11) is 0. The summed E-state index contributed by atoms with van der Waals surface area (Å²) in [5.41, 5.74) is 2.15. The summed E-state index contributed by atoms with van der Waals surface area (Å²) in [6, 6.07) is 2.08. The molecular weight excluding hydrogens is 214 g/mol. The van der Waals surface area contributed by atoms with Crippen molar-refractivity contribution >= 4 is 23.1 Å². The number of hydrogen-bond acceptors (Lipinski definition) is 5. The first-order chi connectivity index (χ1) is 6.81. The van der Waals surface area contributed by atoms with Crippen molar-refractivity contribution in [1.82, 2.24) is 15.2 Å². The molecule has 0 amide bonds. The maximum Gasteiger partial charge on any atom is 0.209 e. The number of hydrogen-bond donors (Lipinski definition) is 0. The maximum absolute atomic E-state index is 4.39. The highest BCUT2D eigenvalue weighted by atomic mass is 32.2. The average Bonchev–Trinajstić information content (AvgIpc) is 2.65. The van der Waals surface area contributed by atoms with Crippen molar-refractivity contribution in [2.24, 2.45) is 0 Å². The smallest absolute Gasteiger partial charge is 0.209 e. The molecule has 2 rings (SSSR count). The van der Waals surface area contributed by atoms with Gasteiger partial charge in [0, 0.05) is 0 Å². The Morgan fingerprint density at radius 2 is 2.29 bits per heavy atom. The van der Waals surface area contributed by atoms with Gasteiger partial charge in [0.15, 0.2) is 0 Å². The van der Waals surface area contributed by atoms with Crippen molar-refractivity contribution in [3.05, 3.63) is 23.2 Å². The van der Waals surface area contributed by atoms with Crippen molar-refractivity contribution < 1.29 is 0 Å². The molecule has 0 unspecified atom stereocenters. The molecule has 0 N–H and O–H groups in total. The van der Waals surface area contributed by atoms with Gasteiger partial charge in [-0.25, -0.2) is 4.98 Å². The van der Waals surface area contributed by atoms with E-state index in [0.717, 1.165) is 10.9 Å². The molecule has 0 aliphatic carbocycles. The molecular formula is C9H9N3S2. The second kappa shape index (κ2) is 4.06. The van der Waals surface area contributed by atoms with Crippen LogP contribution in [0.15, 0.2) is 22.8 Å². The Hall–Kier alpha value is -0.940. The van der Waals surface area contributed by atoms with Crippen LogP contribution in [-0.2, 0) is 0 Å². The van der Waals surface area contributed by atoms with Crippen LogP contribution in [-0.4, -0.2) is 21.4 Å². The Kier molecular flexibility index (Phi) is 2.79. The Morgan fingerprint density at radius 3 is 2.93 bits per heavy atom. The third-order valence-electron chi connectivity index (χ3n) is 1.82. The Balaban J connectivity index is 2.47. The van der Waals surface area contributed by atoms with Gasteiger partial charge in [-0.3, -0.25) is 0 Å². The van der Waals surface area contributed by atoms with Gasteiger partial charge in [-0.2, -0.15) is 5.10 Å². The fourth-order valence-corrected chi connectivity index (χ4v) is 2.32. The van der Waals surface area contributed by atoms with E-state index in [1.165, 1.54) is 22.2 Å². The van der Waals surface area contributed by atoms with E-state index >= 15 is 0 Å². The lowest BCUT2D eigenvalue weighted by Crippen LogP contribution is -1.91. The Bertz CT molecular complexity index is 439. The van der Waals surface area contributed by atoms with E-state index in [1.54, 1.807) is 17.5 Å². The molecule has 2 heterocycles. The van der Waals surface area contributed by atoms with Gasteiger partial charge in [0.2, 0.25) is 5.16 Å². The number of thioether (sulfide) groups is 1. The standard InChI is InChI=1S/C9H9N3S2/c1-6-3-4-14-8(6)7-5-10-12-9(11-7)13-2/h3-5H,1-2H3. The van der Waals surface area contributed by atoms with Gasteiger partial charge in [0.05, 0.1) is 11.1 Å². The van der Waals surface area contributed by atoms with Crippen LogP contribution in [0.2, 0.25) is 0 Å². The molecule has 0 fully saturated rings. The summed E-state index contributed by atoms with van der Waals surface area (Å²) in [5, 5.41) is 10.6. The van der Waals surface area contributed by atoms with E-state index in [4.69, 9.17) is 0 Å². The third kappa shape index (κ3) is 1.78. The van der Waals surface area contributed by atoms with E-state index in [2.05, 4.69) is 33.6 Å². The zero-order valence-electron chi connectivity index (χ0n) is 7.89. The van der Waals surface area contributed by atoms with Gasteiger partial charge in [-0.1, -0.05) is 11.8 Å². The molecule has 5 heteroatoms. The first kappa shape index (κ1) is 9.61. The molecule has 0 aromatic carbocycles. The Morgan fingerprint density at radius 1 is 1.43 bits per heavy atom. The van der Waals surface area contributed by atoms with E-state index in [9.17, 15) is 0 Å². The third-order valence-corrected chi connectivity index (χ3v) is 3.39. The number of thiophene rings is 1. The topological polar surface area (TPSA) is 38.7 Å². The van der Waals surface area contributed by atoms with Gasteiger partial charge >= 0.3 is 0 Å². The SMILES string of the molecule is CSc1nncc(-c2sccc2C)n1. The first-order valence-corrected chi connectivity index (χ1v) is 6.20. The minimum Gasteiger partial charge on any atom is -0.219 e. The zero-order valence-corrected chi connectivity index (χ0v) is 9.52. The molecule has 2 aromatic heterocycles. The van der Waals surface area contributed by atoms with Crippen LogP contribution in [0.4, 0.5) is 0 Å². The molecule has 2 aromatic rings. The van der Waals surface area contributed by atoms with Crippen molar-refractivity contribution in [3.8, 4) is 10.6 Å². The van der Waals surface area contributed by atoms with Crippen molar-refractivity contribution in [2.75, 3.05) is 6.26 Å². The number of aromatic nitrogens is 3. The summed E-state index contributed by atoms with van der Waals surface area (Å²) in [6.45, 7) is 2.08. The van der Waals surface area contributed by atoms with Crippen LogP contribution in [0.1, 0.15) is 5.56 Å². The predicted molar refractivity (Wildman–Crippen MR) is 59.7 cm³/mol. The Labute approximate surface area is 90.6 Å². The molecule has 0 radical (unpaired) electrons. The lowest BCUT2D eigenvalue weighted by molar-refractivity contribution is 0.846. The molecule has 0 aliphatic heterocycles. The van der Waals surface area contributed by atoms with Crippen molar-refractivity contribution in [2.45, 2.75) is 12.1 Å². The largest absolute Gasteiger partial charge is 0.219 e. The fourth-order valence-electron chi connectivity index (χ4n) is 1.12. The molecule has 14 heavy (non-hydrogen) atoms. The van der Waals surface area contributed by atoms with Crippen LogP contribution in [0.5, 0.6) is 0 Å². The van der Waals surface area contributed by atoms with E-state index in [0.29, 0.717) is 0 Å². The molecule has 0 saturated carbocycles. The first-order valence-electron chi connectivity index (χ1n) is 4.09. The molecule has 0 spiro atoms. The van der Waals surface area contributed by atoms with Crippen LogP contribution in [0.25, 0.3) is 10.6 Å². The van der Waals surface area contributed by atoms with E-state index in [1.807, 2.05) is 6.26 Å².